The largest absolute Gasteiger partial charge is 0.355 e. The number of nitro benzene ring substituents is 1. The second-order valence-electron chi connectivity index (χ2n) is 6.97. The van der Waals surface area contributed by atoms with Gasteiger partial charge < -0.3 is 10.6 Å². The lowest BCUT2D eigenvalue weighted by Crippen LogP contribution is -2.46. The van der Waals surface area contributed by atoms with Crippen LogP contribution in [0.3, 0.4) is 0 Å². The summed E-state index contributed by atoms with van der Waals surface area (Å²) in [4.78, 5) is 22.7. The highest BCUT2D eigenvalue weighted by atomic mass is 32.2. The summed E-state index contributed by atoms with van der Waals surface area (Å²) in [5.41, 5.74) is -0.290. The van der Waals surface area contributed by atoms with Crippen molar-refractivity contribution in [3.63, 3.8) is 0 Å². The van der Waals surface area contributed by atoms with Gasteiger partial charge in [0.05, 0.1) is 9.82 Å². The van der Waals surface area contributed by atoms with Gasteiger partial charge in [0, 0.05) is 25.2 Å². The lowest BCUT2D eigenvalue weighted by Gasteiger charge is -2.23. The number of carbonyl (C=O) groups excluding carboxylic acids is 1. The number of rotatable bonds is 7. The molecule has 9 nitrogen and oxygen atoms in total. The van der Waals surface area contributed by atoms with E-state index in [2.05, 4.69) is 10.6 Å². The van der Waals surface area contributed by atoms with Gasteiger partial charge in [0.1, 0.15) is 6.04 Å². The molecule has 0 aliphatic carbocycles. The number of nitrogens with one attached hydrogen (secondary N) is 2. The van der Waals surface area contributed by atoms with Crippen molar-refractivity contribution in [3.8, 4) is 0 Å². The SMILES string of the molecule is O=C(NCCC1CCNC1)C1CCCN1S(=O)(=O)c1cccc([N+](=O)[O-])c1. The number of carbonyl (C=O) groups is 1. The Morgan fingerprint density at radius 3 is 2.89 bits per heavy atom. The fourth-order valence-electron chi connectivity index (χ4n) is 3.66. The molecular formula is C17H24N4O5S. The minimum Gasteiger partial charge on any atom is -0.355 e. The van der Waals surface area contributed by atoms with E-state index in [0.29, 0.717) is 25.3 Å². The van der Waals surface area contributed by atoms with E-state index >= 15 is 0 Å². The van der Waals surface area contributed by atoms with E-state index in [4.69, 9.17) is 0 Å². The summed E-state index contributed by atoms with van der Waals surface area (Å²) in [6.07, 6.45) is 2.99. The molecular weight excluding hydrogens is 372 g/mol. The fraction of sp³-hybridized carbons (Fsp3) is 0.588. The third kappa shape index (κ3) is 4.45. The highest BCUT2D eigenvalue weighted by Crippen LogP contribution is 2.28. The molecule has 2 fully saturated rings. The van der Waals surface area contributed by atoms with E-state index < -0.39 is 21.0 Å². The number of hydrogen-bond acceptors (Lipinski definition) is 6. The van der Waals surface area contributed by atoms with Gasteiger partial charge in [-0.15, -0.1) is 0 Å². The van der Waals surface area contributed by atoms with Crippen LogP contribution in [0.4, 0.5) is 5.69 Å². The molecule has 2 heterocycles. The van der Waals surface area contributed by atoms with Crippen LogP contribution < -0.4 is 10.6 Å². The normalized spacial score (nSPS) is 23.4. The van der Waals surface area contributed by atoms with Crippen molar-refractivity contribution >= 4 is 21.6 Å². The summed E-state index contributed by atoms with van der Waals surface area (Å²) < 4.78 is 27.0. The smallest absolute Gasteiger partial charge is 0.270 e. The van der Waals surface area contributed by atoms with Crippen LogP contribution >= 0.6 is 0 Å². The quantitative estimate of drug-likeness (QED) is 0.521. The summed E-state index contributed by atoms with van der Waals surface area (Å²) >= 11 is 0. The molecule has 0 radical (unpaired) electrons. The van der Waals surface area contributed by atoms with E-state index in [1.165, 1.54) is 22.5 Å². The topological polar surface area (TPSA) is 122 Å². The standard InChI is InChI=1S/C17H24N4O5S/c22-17(19-9-7-13-6-8-18-12-13)16-5-2-10-20(16)27(25,26)15-4-1-3-14(11-15)21(23)24/h1,3-4,11,13,16,18H,2,5-10,12H2,(H,19,22). The van der Waals surface area contributed by atoms with Crippen molar-refractivity contribution in [2.45, 2.75) is 36.6 Å². The maximum atomic E-state index is 12.9. The number of non-ortho nitro benzene ring substituents is 1. The zero-order valence-electron chi connectivity index (χ0n) is 15.0. The Balaban J connectivity index is 1.67. The Morgan fingerprint density at radius 1 is 1.37 bits per heavy atom. The molecule has 0 aromatic heterocycles. The second kappa shape index (κ2) is 8.32. The predicted octanol–water partition coefficient (Wildman–Crippen LogP) is 0.864. The third-order valence-corrected chi connectivity index (χ3v) is 7.06. The van der Waals surface area contributed by atoms with Crippen LogP contribution in [-0.2, 0) is 14.8 Å². The first-order valence-electron chi connectivity index (χ1n) is 9.14. The molecule has 1 aromatic rings. The van der Waals surface area contributed by atoms with Crippen LogP contribution in [0, 0.1) is 16.0 Å². The van der Waals surface area contributed by atoms with E-state index in [1.54, 1.807) is 0 Å². The Morgan fingerprint density at radius 2 is 2.19 bits per heavy atom. The molecule has 2 saturated heterocycles. The first kappa shape index (κ1) is 19.7. The van der Waals surface area contributed by atoms with Gasteiger partial charge in [-0.3, -0.25) is 14.9 Å². The number of sulfonamides is 1. The van der Waals surface area contributed by atoms with E-state index in [9.17, 15) is 23.3 Å². The van der Waals surface area contributed by atoms with Crippen molar-refractivity contribution in [1.29, 1.82) is 0 Å². The zero-order valence-corrected chi connectivity index (χ0v) is 15.8. The molecule has 27 heavy (non-hydrogen) atoms. The van der Waals surface area contributed by atoms with Gasteiger partial charge in [-0.1, -0.05) is 6.07 Å². The van der Waals surface area contributed by atoms with Crippen LogP contribution in [0.25, 0.3) is 0 Å². The summed E-state index contributed by atoms with van der Waals surface area (Å²) in [5, 5.41) is 17.1. The monoisotopic (exact) mass is 396 g/mol. The zero-order chi connectivity index (χ0) is 19.4. The summed E-state index contributed by atoms with van der Waals surface area (Å²) in [6.45, 7) is 2.70. The van der Waals surface area contributed by atoms with Crippen LogP contribution in [0.5, 0.6) is 0 Å². The molecule has 0 spiro atoms. The van der Waals surface area contributed by atoms with Crippen molar-refractivity contribution in [2.75, 3.05) is 26.2 Å². The van der Waals surface area contributed by atoms with Crippen LogP contribution in [0.2, 0.25) is 0 Å². The third-order valence-electron chi connectivity index (χ3n) is 5.16. The average Bonchev–Trinajstić information content (AvgIpc) is 3.33. The molecule has 2 atom stereocenters. The van der Waals surface area contributed by atoms with Gasteiger partial charge in [-0.05, 0) is 50.8 Å². The summed E-state index contributed by atoms with van der Waals surface area (Å²) in [5.74, 6) is 0.242. The highest BCUT2D eigenvalue weighted by Gasteiger charge is 2.39. The minimum atomic E-state index is -3.97. The van der Waals surface area contributed by atoms with Crippen LogP contribution in [0.15, 0.2) is 29.2 Å². The molecule has 2 N–H and O–H groups in total. The van der Waals surface area contributed by atoms with Gasteiger partial charge in [0.15, 0.2) is 0 Å². The maximum Gasteiger partial charge on any atom is 0.270 e. The number of nitrogens with zero attached hydrogens (tertiary/aromatic N) is 2. The lowest BCUT2D eigenvalue weighted by atomic mass is 10.1. The van der Waals surface area contributed by atoms with Gasteiger partial charge in [0.25, 0.3) is 5.69 Å². The molecule has 2 aliphatic rings. The predicted molar refractivity (Wildman–Crippen MR) is 98.6 cm³/mol. The number of hydrogen-bond donors (Lipinski definition) is 2. The first-order chi connectivity index (χ1) is 12.9. The molecule has 2 aliphatic heterocycles. The Kier molecular flexibility index (Phi) is 6.08. The number of amides is 1. The first-order valence-corrected chi connectivity index (χ1v) is 10.6. The molecule has 0 bridgehead atoms. The molecule has 3 rings (SSSR count). The van der Waals surface area contributed by atoms with Gasteiger partial charge in [-0.2, -0.15) is 4.31 Å². The van der Waals surface area contributed by atoms with Crippen molar-refractivity contribution < 1.29 is 18.1 Å². The molecule has 2 unspecified atom stereocenters. The Hall–Kier alpha value is -2.04. The second-order valence-corrected chi connectivity index (χ2v) is 8.86. The van der Waals surface area contributed by atoms with Gasteiger partial charge in [-0.25, -0.2) is 8.42 Å². The Bertz CT molecular complexity index is 807. The van der Waals surface area contributed by atoms with E-state index in [-0.39, 0.29) is 23.0 Å². The Labute approximate surface area is 158 Å². The molecule has 10 heteroatoms. The molecule has 1 amide bonds. The summed E-state index contributed by atoms with van der Waals surface area (Å²) in [6, 6.07) is 4.17. The maximum absolute atomic E-state index is 12.9. The van der Waals surface area contributed by atoms with Gasteiger partial charge >= 0.3 is 0 Å². The number of nitro groups is 1. The number of benzene rings is 1. The fourth-order valence-corrected chi connectivity index (χ4v) is 5.36. The highest BCUT2D eigenvalue weighted by molar-refractivity contribution is 7.89. The lowest BCUT2D eigenvalue weighted by molar-refractivity contribution is -0.385. The van der Waals surface area contributed by atoms with Crippen LogP contribution in [-0.4, -0.2) is 55.8 Å². The van der Waals surface area contributed by atoms with Crippen molar-refractivity contribution in [3.05, 3.63) is 34.4 Å². The molecule has 1 aromatic carbocycles. The van der Waals surface area contributed by atoms with Crippen LogP contribution in [0.1, 0.15) is 25.7 Å². The molecule has 0 saturated carbocycles. The average molecular weight is 396 g/mol. The van der Waals surface area contributed by atoms with Crippen molar-refractivity contribution in [2.24, 2.45) is 5.92 Å². The van der Waals surface area contributed by atoms with Gasteiger partial charge in [0.2, 0.25) is 15.9 Å². The molecule has 148 valence electrons. The van der Waals surface area contributed by atoms with Crippen molar-refractivity contribution in [1.82, 2.24) is 14.9 Å². The van der Waals surface area contributed by atoms with E-state index in [0.717, 1.165) is 32.0 Å². The minimum absolute atomic E-state index is 0.159. The summed E-state index contributed by atoms with van der Waals surface area (Å²) in [7, 11) is -3.97. The van der Waals surface area contributed by atoms with E-state index in [1.807, 2.05) is 0 Å².